The highest BCUT2D eigenvalue weighted by Gasteiger charge is 2.07. The van der Waals surface area contributed by atoms with Gasteiger partial charge >= 0.3 is 0 Å². The number of hydrazone groups is 1. The topological polar surface area (TPSA) is 59.9 Å². The Kier molecular flexibility index (Phi) is 8.50. The molecule has 160 valence electrons. The molecule has 31 heavy (non-hydrogen) atoms. The third kappa shape index (κ3) is 7.42. The predicted octanol–water partition coefficient (Wildman–Crippen LogP) is 5.77. The van der Waals surface area contributed by atoms with Crippen molar-refractivity contribution in [2.45, 2.75) is 20.0 Å². The summed E-state index contributed by atoms with van der Waals surface area (Å²) in [6, 6.07) is 20.6. The normalized spacial score (nSPS) is 10.8. The fourth-order valence-corrected chi connectivity index (χ4v) is 3.13. The first-order chi connectivity index (χ1) is 15.0. The largest absolute Gasteiger partial charge is 0.490 e. The highest BCUT2D eigenvalue weighted by atomic mass is 79.9. The van der Waals surface area contributed by atoms with Crippen molar-refractivity contribution >= 4 is 39.7 Å². The molecule has 7 heteroatoms. The lowest BCUT2D eigenvalue weighted by molar-refractivity contribution is -0.120. The van der Waals surface area contributed by atoms with Gasteiger partial charge in [0, 0.05) is 9.50 Å². The van der Waals surface area contributed by atoms with Crippen LogP contribution in [0, 0.1) is 0 Å². The van der Waals surface area contributed by atoms with Crippen LogP contribution in [-0.4, -0.2) is 18.7 Å². The highest BCUT2D eigenvalue weighted by Crippen LogP contribution is 2.29. The van der Waals surface area contributed by atoms with E-state index in [9.17, 15) is 4.79 Å². The van der Waals surface area contributed by atoms with Crippen LogP contribution in [0.15, 0.2) is 76.3 Å². The number of rotatable bonds is 9. The first kappa shape index (κ1) is 22.8. The molecule has 0 radical (unpaired) electrons. The molecule has 3 rings (SSSR count). The fraction of sp³-hybridized carbons (Fsp3) is 0.167. The zero-order valence-electron chi connectivity index (χ0n) is 17.0. The second kappa shape index (κ2) is 11.5. The number of carbonyl (C=O) groups excluding carboxylic acids is 1. The van der Waals surface area contributed by atoms with Crippen molar-refractivity contribution in [1.29, 1.82) is 0 Å². The maximum absolute atomic E-state index is 12.1. The van der Waals surface area contributed by atoms with Crippen LogP contribution >= 0.6 is 27.5 Å². The Morgan fingerprint density at radius 2 is 1.71 bits per heavy atom. The molecule has 3 aromatic carbocycles. The summed E-state index contributed by atoms with van der Waals surface area (Å²) in [6.45, 7) is 2.81. The van der Waals surface area contributed by atoms with Gasteiger partial charge in [0.15, 0.2) is 11.5 Å². The monoisotopic (exact) mass is 500 g/mol. The lowest BCUT2D eigenvalue weighted by atomic mass is 10.1. The Labute approximate surface area is 195 Å². The fourth-order valence-electron chi connectivity index (χ4n) is 2.74. The summed E-state index contributed by atoms with van der Waals surface area (Å²) in [5.74, 6) is 1.06. The number of ether oxygens (including phenoxy) is 2. The minimum Gasteiger partial charge on any atom is -0.490 e. The van der Waals surface area contributed by atoms with E-state index >= 15 is 0 Å². The number of nitrogens with zero attached hydrogens (tertiary/aromatic N) is 1. The third-order valence-electron chi connectivity index (χ3n) is 4.26. The first-order valence-corrected chi connectivity index (χ1v) is 10.9. The van der Waals surface area contributed by atoms with Crippen LogP contribution in [0.25, 0.3) is 0 Å². The molecule has 1 N–H and O–H groups in total. The van der Waals surface area contributed by atoms with Gasteiger partial charge in [-0.25, -0.2) is 5.43 Å². The maximum Gasteiger partial charge on any atom is 0.244 e. The van der Waals surface area contributed by atoms with Gasteiger partial charge in [0.05, 0.1) is 19.2 Å². The van der Waals surface area contributed by atoms with Crippen LogP contribution in [0.1, 0.15) is 23.6 Å². The Balaban J connectivity index is 1.59. The molecule has 0 bridgehead atoms. The minimum absolute atomic E-state index is 0.188. The molecule has 0 heterocycles. The molecule has 0 saturated carbocycles. The van der Waals surface area contributed by atoms with Gasteiger partial charge in [-0.1, -0.05) is 51.8 Å². The summed E-state index contributed by atoms with van der Waals surface area (Å²) < 4.78 is 12.6. The van der Waals surface area contributed by atoms with Gasteiger partial charge < -0.3 is 9.47 Å². The smallest absolute Gasteiger partial charge is 0.244 e. The van der Waals surface area contributed by atoms with Crippen molar-refractivity contribution in [3.8, 4) is 11.5 Å². The van der Waals surface area contributed by atoms with E-state index in [1.165, 1.54) is 0 Å². The van der Waals surface area contributed by atoms with Crippen LogP contribution < -0.4 is 14.9 Å². The SMILES string of the molecule is CCOc1cc(/C=N\NC(=O)Cc2ccc(Br)cc2)ccc1OCc1ccc(Cl)cc1. The molecule has 0 fully saturated rings. The van der Waals surface area contributed by atoms with Crippen molar-refractivity contribution in [2.24, 2.45) is 5.10 Å². The van der Waals surface area contributed by atoms with Gasteiger partial charge in [-0.05, 0) is 66.1 Å². The number of amides is 1. The van der Waals surface area contributed by atoms with Crippen LogP contribution in [0.4, 0.5) is 0 Å². The summed E-state index contributed by atoms with van der Waals surface area (Å²) in [5.41, 5.74) is 5.25. The summed E-state index contributed by atoms with van der Waals surface area (Å²) in [6.07, 6.45) is 1.83. The van der Waals surface area contributed by atoms with E-state index in [1.54, 1.807) is 6.21 Å². The van der Waals surface area contributed by atoms with Gasteiger partial charge in [0.25, 0.3) is 0 Å². The molecule has 3 aromatic rings. The number of halogens is 2. The molecule has 0 aliphatic rings. The molecule has 1 amide bonds. The Morgan fingerprint density at radius 1 is 1.00 bits per heavy atom. The third-order valence-corrected chi connectivity index (χ3v) is 5.04. The minimum atomic E-state index is -0.188. The number of hydrogen-bond donors (Lipinski definition) is 1. The number of carbonyl (C=O) groups is 1. The molecule has 0 aliphatic carbocycles. The Bertz CT molecular complexity index is 1040. The molecule has 5 nitrogen and oxygen atoms in total. The summed E-state index contributed by atoms with van der Waals surface area (Å²) in [7, 11) is 0. The van der Waals surface area contributed by atoms with E-state index in [0.29, 0.717) is 29.7 Å². The zero-order valence-corrected chi connectivity index (χ0v) is 19.3. The second-order valence-corrected chi connectivity index (χ2v) is 8.00. The Morgan fingerprint density at radius 3 is 2.42 bits per heavy atom. The molecule has 0 saturated heterocycles. The molecular weight excluding hydrogens is 480 g/mol. The lowest BCUT2D eigenvalue weighted by Crippen LogP contribution is -2.19. The van der Waals surface area contributed by atoms with Crippen molar-refractivity contribution in [3.63, 3.8) is 0 Å². The standard InChI is InChI=1S/C24H22BrClN2O3/c1-2-30-23-13-19(7-12-22(23)31-16-18-5-10-21(26)11-6-18)15-27-28-24(29)14-17-3-8-20(25)9-4-17/h3-13,15H,2,14,16H2,1H3,(H,28,29)/b27-15-. The molecule has 0 unspecified atom stereocenters. The zero-order chi connectivity index (χ0) is 22.1. The number of benzene rings is 3. The van der Waals surface area contributed by atoms with E-state index in [2.05, 4.69) is 26.5 Å². The lowest BCUT2D eigenvalue weighted by Gasteiger charge is -2.12. The van der Waals surface area contributed by atoms with Gasteiger partial charge in [-0.15, -0.1) is 0 Å². The van der Waals surface area contributed by atoms with E-state index in [4.69, 9.17) is 21.1 Å². The number of hydrogen-bond acceptors (Lipinski definition) is 4. The van der Waals surface area contributed by atoms with Gasteiger partial charge in [-0.2, -0.15) is 5.10 Å². The molecule has 0 aromatic heterocycles. The molecule has 0 spiro atoms. The molecule has 0 atom stereocenters. The van der Waals surface area contributed by atoms with E-state index in [0.717, 1.165) is 21.2 Å². The van der Waals surface area contributed by atoms with Gasteiger partial charge in [0.1, 0.15) is 6.61 Å². The van der Waals surface area contributed by atoms with Crippen LogP contribution in [0.3, 0.4) is 0 Å². The second-order valence-electron chi connectivity index (χ2n) is 6.65. The van der Waals surface area contributed by atoms with Gasteiger partial charge in [0.2, 0.25) is 5.91 Å². The van der Waals surface area contributed by atoms with Gasteiger partial charge in [-0.3, -0.25) is 4.79 Å². The summed E-state index contributed by atoms with van der Waals surface area (Å²) >= 11 is 9.30. The average Bonchev–Trinajstić information content (AvgIpc) is 2.76. The first-order valence-electron chi connectivity index (χ1n) is 9.74. The maximum atomic E-state index is 12.1. The van der Waals surface area contributed by atoms with Crippen molar-refractivity contribution < 1.29 is 14.3 Å². The van der Waals surface area contributed by atoms with Crippen LogP contribution in [0.2, 0.25) is 5.02 Å². The summed E-state index contributed by atoms with van der Waals surface area (Å²) in [5, 5.41) is 4.73. The predicted molar refractivity (Wildman–Crippen MR) is 127 cm³/mol. The van der Waals surface area contributed by atoms with E-state index in [1.807, 2.05) is 73.7 Å². The molecular formula is C24H22BrClN2O3. The number of nitrogens with one attached hydrogen (secondary N) is 1. The Hall–Kier alpha value is -2.83. The average molecular weight is 502 g/mol. The van der Waals surface area contributed by atoms with E-state index in [-0.39, 0.29) is 12.3 Å². The summed E-state index contributed by atoms with van der Waals surface area (Å²) in [4.78, 5) is 12.1. The van der Waals surface area contributed by atoms with Crippen LogP contribution in [-0.2, 0) is 17.8 Å². The highest BCUT2D eigenvalue weighted by molar-refractivity contribution is 9.10. The van der Waals surface area contributed by atoms with E-state index < -0.39 is 0 Å². The van der Waals surface area contributed by atoms with Crippen molar-refractivity contribution in [1.82, 2.24) is 5.43 Å². The van der Waals surface area contributed by atoms with Crippen molar-refractivity contribution in [3.05, 3.63) is 92.9 Å². The van der Waals surface area contributed by atoms with Crippen molar-refractivity contribution in [2.75, 3.05) is 6.61 Å². The quantitative estimate of drug-likeness (QED) is 0.299. The molecule has 0 aliphatic heterocycles. The van der Waals surface area contributed by atoms with Crippen LogP contribution in [0.5, 0.6) is 11.5 Å².